The summed E-state index contributed by atoms with van der Waals surface area (Å²) in [6, 6.07) is 2.15. The average Bonchev–Trinajstić information content (AvgIpc) is 2.69. The van der Waals surface area contributed by atoms with E-state index >= 15 is 0 Å². The first-order chi connectivity index (χ1) is 8.41. The Hall–Kier alpha value is -1.36. The summed E-state index contributed by atoms with van der Waals surface area (Å²) in [6.45, 7) is 2.01. The van der Waals surface area contributed by atoms with Crippen molar-refractivity contribution in [3.63, 3.8) is 0 Å². The minimum absolute atomic E-state index is 0.107. The molecule has 0 aromatic heterocycles. The van der Waals surface area contributed by atoms with Crippen LogP contribution in [0.4, 0.5) is 15.8 Å². The van der Waals surface area contributed by atoms with Crippen LogP contribution in [0.25, 0.3) is 0 Å². The van der Waals surface area contributed by atoms with Gasteiger partial charge in [-0.1, -0.05) is 24.4 Å². The molecule has 18 heavy (non-hydrogen) atoms. The van der Waals surface area contributed by atoms with Gasteiger partial charge in [0.15, 0.2) is 0 Å². The molecule has 0 atom stereocenters. The highest BCUT2D eigenvalue weighted by Crippen LogP contribution is 2.37. The molecule has 1 N–H and O–H groups in total. The molecular formula is C12H14ClFN2O2. The van der Waals surface area contributed by atoms with E-state index in [0.29, 0.717) is 0 Å². The zero-order chi connectivity index (χ0) is 13.3. The number of hydrogen-bond donors (Lipinski definition) is 1. The summed E-state index contributed by atoms with van der Waals surface area (Å²) in [5.41, 5.74) is -0.160. The summed E-state index contributed by atoms with van der Waals surface area (Å²) in [5.74, 6) is -0.773. The number of rotatable bonds is 3. The molecule has 1 saturated carbocycles. The number of nitrogens with one attached hydrogen (secondary N) is 1. The molecule has 0 bridgehead atoms. The van der Waals surface area contributed by atoms with Crippen LogP contribution in [0, 0.1) is 15.9 Å². The number of nitro benzene ring substituents is 1. The van der Waals surface area contributed by atoms with Gasteiger partial charge in [-0.2, -0.15) is 0 Å². The van der Waals surface area contributed by atoms with Gasteiger partial charge >= 0.3 is 0 Å². The first kappa shape index (κ1) is 13.1. The molecule has 0 aliphatic heterocycles. The normalized spacial score (nSPS) is 17.7. The van der Waals surface area contributed by atoms with Crippen LogP contribution in [0.15, 0.2) is 12.1 Å². The maximum absolute atomic E-state index is 13.3. The third-order valence-corrected chi connectivity index (χ3v) is 3.67. The Kier molecular flexibility index (Phi) is 3.43. The lowest BCUT2D eigenvalue weighted by atomic mass is 10.00. The number of nitro groups is 1. The van der Waals surface area contributed by atoms with E-state index in [-0.39, 0.29) is 21.9 Å². The fraction of sp³-hybridized carbons (Fsp3) is 0.500. The Morgan fingerprint density at radius 1 is 1.44 bits per heavy atom. The van der Waals surface area contributed by atoms with Gasteiger partial charge in [0, 0.05) is 5.54 Å². The van der Waals surface area contributed by atoms with E-state index in [1.165, 1.54) is 6.07 Å². The van der Waals surface area contributed by atoms with E-state index in [1.807, 2.05) is 6.92 Å². The highest BCUT2D eigenvalue weighted by molar-refractivity contribution is 6.31. The Bertz CT molecular complexity index is 487. The lowest BCUT2D eigenvalue weighted by molar-refractivity contribution is -0.384. The van der Waals surface area contributed by atoms with Crippen LogP contribution in [0.2, 0.25) is 5.02 Å². The molecular weight excluding hydrogens is 259 g/mol. The Morgan fingerprint density at radius 2 is 2.06 bits per heavy atom. The zero-order valence-corrected chi connectivity index (χ0v) is 10.8. The highest BCUT2D eigenvalue weighted by Gasteiger charge is 2.31. The lowest BCUT2D eigenvalue weighted by Crippen LogP contribution is -2.31. The second kappa shape index (κ2) is 4.72. The van der Waals surface area contributed by atoms with Crippen LogP contribution in [0.5, 0.6) is 0 Å². The molecule has 0 radical (unpaired) electrons. The van der Waals surface area contributed by atoms with Crippen molar-refractivity contribution < 1.29 is 9.31 Å². The van der Waals surface area contributed by atoms with Crippen LogP contribution < -0.4 is 5.32 Å². The summed E-state index contributed by atoms with van der Waals surface area (Å²) in [7, 11) is 0. The van der Waals surface area contributed by atoms with Crippen molar-refractivity contribution >= 4 is 23.0 Å². The van der Waals surface area contributed by atoms with Crippen LogP contribution in [-0.4, -0.2) is 10.5 Å². The van der Waals surface area contributed by atoms with E-state index in [2.05, 4.69) is 5.32 Å². The molecule has 0 saturated heterocycles. The highest BCUT2D eigenvalue weighted by atomic mass is 35.5. The predicted molar refractivity (Wildman–Crippen MR) is 68.6 cm³/mol. The molecule has 1 aliphatic rings. The zero-order valence-electron chi connectivity index (χ0n) is 10.0. The molecule has 1 aromatic rings. The van der Waals surface area contributed by atoms with Gasteiger partial charge in [0.2, 0.25) is 0 Å². The third kappa shape index (κ3) is 2.56. The smallest absolute Gasteiger partial charge is 0.295 e. The summed E-state index contributed by atoms with van der Waals surface area (Å²) in [4.78, 5) is 10.3. The van der Waals surface area contributed by atoms with Crippen molar-refractivity contribution in [1.82, 2.24) is 0 Å². The van der Waals surface area contributed by atoms with E-state index in [1.54, 1.807) is 0 Å². The van der Waals surface area contributed by atoms with Crippen molar-refractivity contribution in [3.8, 4) is 0 Å². The number of nitrogens with zero attached hydrogens (tertiary/aromatic N) is 1. The van der Waals surface area contributed by atoms with E-state index < -0.39 is 10.7 Å². The molecule has 1 fully saturated rings. The lowest BCUT2D eigenvalue weighted by Gasteiger charge is -2.26. The minimum Gasteiger partial charge on any atom is -0.374 e. The molecule has 0 amide bonds. The quantitative estimate of drug-likeness (QED) is 0.665. The third-order valence-electron chi connectivity index (χ3n) is 3.38. The monoisotopic (exact) mass is 272 g/mol. The van der Waals surface area contributed by atoms with E-state index in [9.17, 15) is 14.5 Å². The van der Waals surface area contributed by atoms with Crippen LogP contribution in [-0.2, 0) is 0 Å². The maximum atomic E-state index is 13.3. The van der Waals surface area contributed by atoms with Crippen molar-refractivity contribution in [2.75, 3.05) is 5.32 Å². The summed E-state index contributed by atoms with van der Waals surface area (Å²) < 4.78 is 13.3. The minimum atomic E-state index is -0.773. The Balaban J connectivity index is 2.36. The fourth-order valence-electron chi connectivity index (χ4n) is 2.39. The molecule has 0 unspecified atom stereocenters. The molecule has 0 heterocycles. The van der Waals surface area contributed by atoms with Gasteiger partial charge in [-0.25, -0.2) is 4.39 Å². The summed E-state index contributed by atoms with van der Waals surface area (Å²) in [5, 5.41) is 14.0. The molecule has 1 aliphatic carbocycles. The van der Waals surface area contributed by atoms with Gasteiger partial charge in [-0.3, -0.25) is 10.1 Å². The van der Waals surface area contributed by atoms with Gasteiger partial charge in [-0.15, -0.1) is 0 Å². The molecule has 0 spiro atoms. The molecule has 6 heteroatoms. The number of benzene rings is 1. The summed E-state index contributed by atoms with van der Waals surface area (Å²) in [6.07, 6.45) is 4.07. The molecule has 1 aromatic carbocycles. The second-order valence-corrected chi connectivity index (χ2v) is 5.34. The van der Waals surface area contributed by atoms with Gasteiger partial charge < -0.3 is 5.32 Å². The van der Waals surface area contributed by atoms with E-state index in [4.69, 9.17) is 11.6 Å². The standard InChI is InChI=1S/C12H14ClFN2O2/c1-12(4-2-3-5-12)15-10-6-8(13)9(14)7-11(10)16(17)18/h6-7,15H,2-5H2,1H3. The first-order valence-corrected chi connectivity index (χ1v) is 6.21. The van der Waals surface area contributed by atoms with Crippen LogP contribution in [0.3, 0.4) is 0 Å². The van der Waals surface area contributed by atoms with Crippen molar-refractivity contribution in [3.05, 3.63) is 33.1 Å². The average molecular weight is 273 g/mol. The molecule has 2 rings (SSSR count). The van der Waals surface area contributed by atoms with Gasteiger partial charge in [-0.05, 0) is 25.8 Å². The number of anilines is 1. The molecule has 98 valence electrons. The second-order valence-electron chi connectivity index (χ2n) is 4.93. The summed E-state index contributed by atoms with van der Waals surface area (Å²) >= 11 is 5.68. The van der Waals surface area contributed by atoms with Gasteiger partial charge in [0.25, 0.3) is 5.69 Å². The largest absolute Gasteiger partial charge is 0.374 e. The maximum Gasteiger partial charge on any atom is 0.295 e. The van der Waals surface area contributed by atoms with Crippen molar-refractivity contribution in [2.24, 2.45) is 0 Å². The Morgan fingerprint density at radius 3 is 2.61 bits per heavy atom. The predicted octanol–water partition coefficient (Wildman–Crippen LogP) is 4.13. The van der Waals surface area contributed by atoms with E-state index in [0.717, 1.165) is 31.7 Å². The topological polar surface area (TPSA) is 55.2 Å². The van der Waals surface area contributed by atoms with Gasteiger partial charge in [0.05, 0.1) is 16.0 Å². The van der Waals surface area contributed by atoms with Crippen molar-refractivity contribution in [1.29, 1.82) is 0 Å². The number of halogens is 2. The molecule has 4 nitrogen and oxygen atoms in total. The first-order valence-electron chi connectivity index (χ1n) is 5.83. The Labute approximate surface area is 109 Å². The van der Waals surface area contributed by atoms with Crippen LogP contribution >= 0.6 is 11.6 Å². The number of hydrogen-bond acceptors (Lipinski definition) is 3. The van der Waals surface area contributed by atoms with Crippen molar-refractivity contribution in [2.45, 2.75) is 38.1 Å². The SMILES string of the molecule is CC1(Nc2cc(Cl)c(F)cc2[N+](=O)[O-])CCCC1. The van der Waals surface area contributed by atoms with Gasteiger partial charge in [0.1, 0.15) is 11.5 Å². The van der Waals surface area contributed by atoms with Crippen LogP contribution in [0.1, 0.15) is 32.6 Å². The fourth-order valence-corrected chi connectivity index (χ4v) is 2.56.